The minimum Gasteiger partial charge on any atom is -0.508 e. The van der Waals surface area contributed by atoms with Gasteiger partial charge in [-0.2, -0.15) is 0 Å². The van der Waals surface area contributed by atoms with Crippen LogP contribution in [0.2, 0.25) is 0 Å². The summed E-state index contributed by atoms with van der Waals surface area (Å²) < 4.78 is 13.4. The summed E-state index contributed by atoms with van der Waals surface area (Å²) in [6.07, 6.45) is 2.23. The first-order valence-corrected chi connectivity index (χ1v) is 10.2. The van der Waals surface area contributed by atoms with Gasteiger partial charge in [-0.25, -0.2) is 4.39 Å². The van der Waals surface area contributed by atoms with E-state index in [1.165, 1.54) is 17.0 Å². The lowest BCUT2D eigenvalue weighted by molar-refractivity contribution is -0.132. The summed E-state index contributed by atoms with van der Waals surface area (Å²) in [4.78, 5) is 26.9. The van der Waals surface area contributed by atoms with Gasteiger partial charge in [-0.1, -0.05) is 48.2 Å². The zero-order valence-corrected chi connectivity index (χ0v) is 17.2. The summed E-state index contributed by atoms with van der Waals surface area (Å²) in [6, 6.07) is 11.8. The van der Waals surface area contributed by atoms with E-state index in [1.807, 2.05) is 0 Å². The molecule has 8 heteroatoms. The maximum Gasteiger partial charge on any atom is 0.266 e. The number of phenols is 1. The Morgan fingerprint density at radius 1 is 1.24 bits per heavy atom. The van der Waals surface area contributed by atoms with E-state index < -0.39 is 6.04 Å². The van der Waals surface area contributed by atoms with E-state index in [4.69, 9.17) is 12.2 Å². The van der Waals surface area contributed by atoms with Gasteiger partial charge in [0.25, 0.3) is 5.91 Å². The minimum atomic E-state index is -0.749. The molecule has 0 radical (unpaired) electrons. The fraction of sp³-hybridized carbons (Fsp3) is 0.190. The SMILES string of the molecule is CC(C(=O)NCCc1ccc(O)cc1)N1C(=O)C(=Cc2ccc(F)cc2)SC1=S. The average Bonchev–Trinajstić information content (AvgIpc) is 2.97. The molecule has 5 nitrogen and oxygen atoms in total. The quantitative estimate of drug-likeness (QED) is 0.543. The molecule has 1 fully saturated rings. The lowest BCUT2D eigenvalue weighted by Crippen LogP contribution is -2.47. The standard InChI is InChI=1S/C21H19FN2O3S2/c1-13(19(26)23-11-10-14-4-8-17(25)9-5-14)24-20(27)18(29-21(24)28)12-15-2-6-16(22)7-3-15/h2-9,12-13,25H,10-11H2,1H3,(H,23,26). The predicted octanol–water partition coefficient (Wildman–Crippen LogP) is 3.48. The second-order valence-corrected chi connectivity index (χ2v) is 8.16. The van der Waals surface area contributed by atoms with E-state index in [9.17, 15) is 19.1 Å². The number of benzene rings is 2. The van der Waals surface area contributed by atoms with Gasteiger partial charge in [0.05, 0.1) is 4.91 Å². The molecule has 0 aliphatic carbocycles. The number of amides is 2. The first kappa shape index (κ1) is 21.0. The van der Waals surface area contributed by atoms with Crippen molar-refractivity contribution in [3.05, 3.63) is 70.4 Å². The van der Waals surface area contributed by atoms with Crippen LogP contribution >= 0.6 is 24.0 Å². The molecule has 1 aliphatic rings. The van der Waals surface area contributed by atoms with Gasteiger partial charge in [0, 0.05) is 6.54 Å². The largest absolute Gasteiger partial charge is 0.508 e. The van der Waals surface area contributed by atoms with Crippen molar-refractivity contribution in [1.82, 2.24) is 10.2 Å². The van der Waals surface area contributed by atoms with Crippen molar-refractivity contribution < 1.29 is 19.1 Å². The Bertz CT molecular complexity index is 959. The number of thiocarbonyl (C=S) groups is 1. The Kier molecular flexibility index (Phi) is 6.66. The van der Waals surface area contributed by atoms with Gasteiger partial charge in [-0.15, -0.1) is 0 Å². The molecule has 1 atom stereocenters. The molecule has 0 bridgehead atoms. The summed E-state index contributed by atoms with van der Waals surface area (Å²) in [7, 11) is 0. The number of carbonyl (C=O) groups is 2. The maximum absolute atomic E-state index is 13.0. The number of halogens is 1. The number of nitrogens with zero attached hydrogens (tertiary/aromatic N) is 1. The normalized spacial score (nSPS) is 16.3. The van der Waals surface area contributed by atoms with Crippen LogP contribution in [0.1, 0.15) is 18.1 Å². The number of nitrogens with one attached hydrogen (secondary N) is 1. The molecule has 1 heterocycles. The van der Waals surface area contributed by atoms with Gasteiger partial charge < -0.3 is 10.4 Å². The van der Waals surface area contributed by atoms with Gasteiger partial charge >= 0.3 is 0 Å². The Morgan fingerprint density at radius 3 is 2.55 bits per heavy atom. The molecule has 1 aliphatic heterocycles. The average molecular weight is 431 g/mol. The molecule has 2 amide bonds. The van der Waals surface area contributed by atoms with Gasteiger partial charge in [-0.05, 0) is 54.8 Å². The van der Waals surface area contributed by atoms with E-state index in [2.05, 4.69) is 5.32 Å². The van der Waals surface area contributed by atoms with Crippen LogP contribution in [0.3, 0.4) is 0 Å². The maximum atomic E-state index is 13.0. The van der Waals surface area contributed by atoms with Gasteiger partial charge in [0.2, 0.25) is 5.91 Å². The fourth-order valence-corrected chi connectivity index (χ4v) is 4.20. The minimum absolute atomic E-state index is 0.189. The summed E-state index contributed by atoms with van der Waals surface area (Å²) in [5.74, 6) is -0.810. The number of hydrogen-bond donors (Lipinski definition) is 2. The Hall–Kier alpha value is -2.71. The van der Waals surface area contributed by atoms with E-state index in [0.717, 1.165) is 17.3 Å². The van der Waals surface area contributed by atoms with Gasteiger partial charge in [-0.3, -0.25) is 14.5 Å². The van der Waals surface area contributed by atoms with Crippen LogP contribution in [0, 0.1) is 5.82 Å². The Balaban J connectivity index is 1.60. The summed E-state index contributed by atoms with van der Waals surface area (Å²) in [6.45, 7) is 2.02. The first-order chi connectivity index (χ1) is 13.8. The van der Waals surface area contributed by atoms with Crippen LogP contribution in [0.5, 0.6) is 5.75 Å². The number of thioether (sulfide) groups is 1. The second kappa shape index (κ2) is 9.19. The van der Waals surface area contributed by atoms with Crippen molar-refractivity contribution in [3.63, 3.8) is 0 Å². The first-order valence-electron chi connectivity index (χ1n) is 8.93. The number of phenolic OH excluding ortho intramolecular Hbond substituents is 1. The van der Waals surface area contributed by atoms with Crippen molar-refractivity contribution in [2.75, 3.05) is 6.54 Å². The molecule has 0 saturated carbocycles. The fourth-order valence-electron chi connectivity index (χ4n) is 2.78. The number of aromatic hydroxyl groups is 1. The molecule has 3 rings (SSSR count). The summed E-state index contributed by atoms with van der Waals surface area (Å²) in [5, 5.41) is 12.1. The lowest BCUT2D eigenvalue weighted by atomic mass is 10.1. The highest BCUT2D eigenvalue weighted by Crippen LogP contribution is 2.34. The third kappa shape index (κ3) is 5.21. The van der Waals surface area contributed by atoms with Crippen molar-refractivity contribution in [1.29, 1.82) is 0 Å². The van der Waals surface area contributed by atoms with Crippen LogP contribution < -0.4 is 5.32 Å². The Morgan fingerprint density at radius 2 is 1.90 bits per heavy atom. The molecular formula is C21H19FN2O3S2. The topological polar surface area (TPSA) is 69.6 Å². The number of hydrogen-bond acceptors (Lipinski definition) is 5. The smallest absolute Gasteiger partial charge is 0.266 e. The third-order valence-corrected chi connectivity index (χ3v) is 5.74. The lowest BCUT2D eigenvalue weighted by Gasteiger charge is -2.22. The van der Waals surface area contributed by atoms with Gasteiger partial charge in [0.15, 0.2) is 0 Å². The third-order valence-electron chi connectivity index (χ3n) is 4.41. The molecule has 0 aromatic heterocycles. The van der Waals surface area contributed by atoms with Crippen LogP contribution in [0.15, 0.2) is 53.4 Å². The molecule has 2 aromatic rings. The molecule has 150 valence electrons. The predicted molar refractivity (Wildman–Crippen MR) is 116 cm³/mol. The van der Waals surface area contributed by atoms with Crippen molar-refractivity contribution in [2.45, 2.75) is 19.4 Å². The number of carbonyl (C=O) groups excluding carboxylic acids is 2. The molecule has 2 aromatic carbocycles. The van der Waals surface area contributed by atoms with Crippen molar-refractivity contribution in [2.24, 2.45) is 0 Å². The monoisotopic (exact) mass is 430 g/mol. The van der Waals surface area contributed by atoms with Crippen LogP contribution in [0.25, 0.3) is 6.08 Å². The number of rotatable bonds is 6. The molecule has 1 unspecified atom stereocenters. The summed E-state index contributed by atoms with van der Waals surface area (Å²) >= 11 is 6.41. The van der Waals surface area contributed by atoms with Gasteiger partial charge in [0.1, 0.15) is 21.9 Å². The molecule has 0 spiro atoms. The van der Waals surface area contributed by atoms with E-state index >= 15 is 0 Å². The Labute approximate surface area is 177 Å². The van der Waals surface area contributed by atoms with E-state index in [0.29, 0.717) is 27.8 Å². The van der Waals surface area contributed by atoms with E-state index in [1.54, 1.807) is 49.4 Å². The summed E-state index contributed by atoms with van der Waals surface area (Å²) in [5.41, 5.74) is 1.65. The zero-order valence-electron chi connectivity index (χ0n) is 15.6. The highest BCUT2D eigenvalue weighted by molar-refractivity contribution is 8.26. The molecule has 29 heavy (non-hydrogen) atoms. The van der Waals surface area contributed by atoms with Crippen LogP contribution in [0.4, 0.5) is 4.39 Å². The molecular weight excluding hydrogens is 411 g/mol. The van der Waals surface area contributed by atoms with E-state index in [-0.39, 0.29) is 23.4 Å². The molecule has 2 N–H and O–H groups in total. The second-order valence-electron chi connectivity index (χ2n) is 6.49. The molecule has 1 saturated heterocycles. The highest BCUT2D eigenvalue weighted by atomic mass is 32.2. The zero-order chi connectivity index (χ0) is 21.0. The van der Waals surface area contributed by atoms with Crippen molar-refractivity contribution in [3.8, 4) is 5.75 Å². The van der Waals surface area contributed by atoms with Crippen molar-refractivity contribution >= 4 is 46.2 Å². The highest BCUT2D eigenvalue weighted by Gasteiger charge is 2.38. The van der Waals surface area contributed by atoms with Crippen LogP contribution in [-0.4, -0.2) is 38.7 Å². The van der Waals surface area contributed by atoms with Crippen LogP contribution in [-0.2, 0) is 16.0 Å².